The number of halogens is 2. The van der Waals surface area contributed by atoms with Gasteiger partial charge >= 0.3 is 7.40 Å². The van der Waals surface area contributed by atoms with Gasteiger partial charge in [0.25, 0.3) is 0 Å². The Morgan fingerprint density at radius 3 is 2.57 bits per heavy atom. The van der Waals surface area contributed by atoms with Crippen LogP contribution in [0.15, 0.2) is 60.3 Å². The molecule has 0 saturated heterocycles. The number of nitrogens with one attached hydrogen (secondary N) is 1. The lowest BCUT2D eigenvalue weighted by atomic mass is 10.1. The van der Waals surface area contributed by atoms with Crippen LogP contribution in [0.5, 0.6) is 0 Å². The number of benzene rings is 1. The summed E-state index contributed by atoms with van der Waals surface area (Å²) >= 11 is 0. The SMILES string of the molecule is CCCC1=[N+](B(F)F)/C(=C\c2ccc(-c3ccccc3)[nH]2)C=C1. The van der Waals surface area contributed by atoms with Gasteiger partial charge in [0, 0.05) is 36.0 Å². The molecule has 0 fully saturated rings. The van der Waals surface area contributed by atoms with E-state index in [-0.39, 0.29) is 0 Å². The van der Waals surface area contributed by atoms with Crippen molar-refractivity contribution in [2.24, 2.45) is 0 Å². The Morgan fingerprint density at radius 1 is 1.09 bits per heavy atom. The van der Waals surface area contributed by atoms with E-state index in [1.165, 1.54) is 0 Å². The third-order valence-electron chi connectivity index (χ3n) is 3.83. The third kappa shape index (κ3) is 3.34. The van der Waals surface area contributed by atoms with Crippen LogP contribution in [-0.2, 0) is 0 Å². The lowest BCUT2D eigenvalue weighted by molar-refractivity contribution is -0.342. The number of H-pyrrole nitrogens is 1. The molecule has 2 heterocycles. The molecule has 1 aromatic carbocycles. The highest BCUT2D eigenvalue weighted by Gasteiger charge is 2.41. The topological polar surface area (TPSA) is 18.8 Å². The first-order valence-corrected chi connectivity index (χ1v) is 7.76. The standard InChI is InChI=1S/C18H17BF2N2/c1-2-6-16-10-11-17(23(16)19(20)21)13-15-9-12-18(22-15)14-7-4-3-5-8-14/h3-5,7-13H,2,6H2,1H3/p+1. The van der Waals surface area contributed by atoms with E-state index in [1.807, 2.05) is 49.4 Å². The molecule has 1 aliphatic rings. The summed E-state index contributed by atoms with van der Waals surface area (Å²) in [7, 11) is -2.53. The minimum atomic E-state index is -2.53. The molecule has 3 rings (SSSR count). The fourth-order valence-corrected chi connectivity index (χ4v) is 2.77. The molecule has 0 aliphatic carbocycles. The average Bonchev–Trinajstić information content (AvgIpc) is 3.16. The second-order valence-corrected chi connectivity index (χ2v) is 5.48. The third-order valence-corrected chi connectivity index (χ3v) is 3.83. The van der Waals surface area contributed by atoms with E-state index in [0.29, 0.717) is 17.8 Å². The minimum Gasteiger partial charge on any atom is -0.355 e. The molecule has 23 heavy (non-hydrogen) atoms. The number of hydrogen-bond acceptors (Lipinski definition) is 0. The van der Waals surface area contributed by atoms with Gasteiger partial charge in [0.2, 0.25) is 0 Å². The van der Waals surface area contributed by atoms with Crippen molar-refractivity contribution in [3.05, 3.63) is 66.0 Å². The van der Waals surface area contributed by atoms with Crippen LogP contribution in [-0.4, -0.2) is 22.6 Å². The summed E-state index contributed by atoms with van der Waals surface area (Å²) in [5.41, 5.74) is 4.05. The molecule has 0 unspecified atom stereocenters. The smallest absolute Gasteiger partial charge is 0.355 e. The minimum absolute atomic E-state index is 0.518. The number of aromatic nitrogens is 1. The molecule has 1 aromatic heterocycles. The van der Waals surface area contributed by atoms with Gasteiger partial charge in [-0.3, -0.25) is 0 Å². The zero-order valence-corrected chi connectivity index (χ0v) is 13.0. The van der Waals surface area contributed by atoms with Gasteiger partial charge in [0.1, 0.15) is 0 Å². The molecule has 0 saturated carbocycles. The van der Waals surface area contributed by atoms with E-state index >= 15 is 0 Å². The Labute approximate surface area is 135 Å². The van der Waals surface area contributed by atoms with E-state index in [9.17, 15) is 8.63 Å². The maximum absolute atomic E-state index is 13.4. The Balaban J connectivity index is 1.90. The van der Waals surface area contributed by atoms with Crippen molar-refractivity contribution in [1.82, 2.24) is 4.98 Å². The zero-order chi connectivity index (χ0) is 16.2. The predicted molar refractivity (Wildman–Crippen MR) is 91.5 cm³/mol. The molecule has 0 bridgehead atoms. The van der Waals surface area contributed by atoms with E-state index < -0.39 is 7.40 Å². The van der Waals surface area contributed by atoms with Crippen LogP contribution >= 0.6 is 0 Å². The van der Waals surface area contributed by atoms with Crippen LogP contribution < -0.4 is 0 Å². The maximum Gasteiger partial charge on any atom is 0.934 e. The molecule has 0 spiro atoms. The molecule has 0 atom stereocenters. The largest absolute Gasteiger partial charge is 0.934 e. The summed E-state index contributed by atoms with van der Waals surface area (Å²) in [6.45, 7) is 1.99. The molecule has 0 amide bonds. The first-order valence-electron chi connectivity index (χ1n) is 7.76. The number of allylic oxidation sites excluding steroid dienone is 2. The lowest BCUT2D eigenvalue weighted by Crippen LogP contribution is -2.24. The molecule has 2 nitrogen and oxygen atoms in total. The summed E-state index contributed by atoms with van der Waals surface area (Å²) in [6.07, 6.45) is 6.79. The van der Waals surface area contributed by atoms with Crippen LogP contribution in [0.25, 0.3) is 17.3 Å². The highest BCUT2D eigenvalue weighted by atomic mass is 19.2. The maximum atomic E-state index is 13.4. The Morgan fingerprint density at radius 2 is 1.87 bits per heavy atom. The van der Waals surface area contributed by atoms with Crippen molar-refractivity contribution in [3.8, 4) is 11.3 Å². The highest BCUT2D eigenvalue weighted by Crippen LogP contribution is 2.22. The molecule has 2 aromatic rings. The summed E-state index contributed by atoms with van der Waals surface area (Å²) in [5.74, 6) is 0. The van der Waals surface area contributed by atoms with E-state index in [1.54, 1.807) is 18.2 Å². The molecule has 5 heteroatoms. The summed E-state index contributed by atoms with van der Waals surface area (Å²) < 4.78 is 27.8. The van der Waals surface area contributed by atoms with Gasteiger partial charge in [0.05, 0.1) is 0 Å². The number of hydrogen-bond donors (Lipinski definition) is 1. The molecule has 0 radical (unpaired) electrons. The fourth-order valence-electron chi connectivity index (χ4n) is 2.77. The quantitative estimate of drug-likeness (QED) is 0.767. The highest BCUT2D eigenvalue weighted by molar-refractivity contribution is 6.35. The molecular formula is C18H18BF2N2+. The number of nitrogens with zero attached hydrogens (tertiary/aromatic N) is 1. The molecule has 1 aliphatic heterocycles. The zero-order valence-electron chi connectivity index (χ0n) is 13.0. The van der Waals surface area contributed by atoms with Crippen LogP contribution in [0.2, 0.25) is 0 Å². The van der Waals surface area contributed by atoms with Gasteiger partial charge in [-0.15, -0.1) is 0 Å². The van der Waals surface area contributed by atoms with Crippen molar-refractivity contribution in [2.45, 2.75) is 19.8 Å². The number of aromatic amines is 1. The lowest BCUT2D eigenvalue weighted by Gasteiger charge is -2.00. The second kappa shape index (κ2) is 6.77. The van der Waals surface area contributed by atoms with Gasteiger partial charge in [0.15, 0.2) is 11.4 Å². The average molecular weight is 311 g/mol. The first-order chi connectivity index (χ1) is 11.2. The van der Waals surface area contributed by atoms with E-state index in [0.717, 1.165) is 27.9 Å². The van der Waals surface area contributed by atoms with Crippen molar-refractivity contribution in [1.29, 1.82) is 0 Å². The summed E-state index contributed by atoms with van der Waals surface area (Å²) in [5, 5.41) is 0. The van der Waals surface area contributed by atoms with E-state index in [2.05, 4.69) is 4.98 Å². The second-order valence-electron chi connectivity index (χ2n) is 5.48. The van der Waals surface area contributed by atoms with E-state index in [4.69, 9.17) is 0 Å². The van der Waals surface area contributed by atoms with Gasteiger partial charge in [-0.05, 0) is 24.1 Å². The van der Waals surface area contributed by atoms with Gasteiger partial charge in [-0.2, -0.15) is 0 Å². The first kappa shape index (κ1) is 15.5. The van der Waals surface area contributed by atoms with Crippen LogP contribution in [0, 0.1) is 0 Å². The van der Waals surface area contributed by atoms with Gasteiger partial charge in [-0.1, -0.05) is 37.3 Å². The predicted octanol–water partition coefficient (Wildman–Crippen LogP) is 4.77. The van der Waals surface area contributed by atoms with Gasteiger partial charge < -0.3 is 4.98 Å². The monoisotopic (exact) mass is 311 g/mol. The van der Waals surface area contributed by atoms with Gasteiger partial charge in [-0.25, -0.2) is 13.1 Å². The van der Waals surface area contributed by atoms with Crippen LogP contribution in [0.3, 0.4) is 0 Å². The Hall–Kier alpha value is -2.43. The summed E-state index contributed by atoms with van der Waals surface area (Å²) in [6, 6.07) is 13.8. The van der Waals surface area contributed by atoms with Crippen LogP contribution in [0.4, 0.5) is 8.63 Å². The molecule has 116 valence electrons. The van der Waals surface area contributed by atoms with Crippen molar-refractivity contribution in [3.63, 3.8) is 0 Å². The molecule has 1 N–H and O–H groups in total. The van der Waals surface area contributed by atoms with Crippen molar-refractivity contribution >= 4 is 19.2 Å². The Kier molecular flexibility index (Phi) is 4.56. The Bertz CT molecular complexity index is 773. The van der Waals surface area contributed by atoms with Crippen molar-refractivity contribution in [2.75, 3.05) is 0 Å². The van der Waals surface area contributed by atoms with Crippen molar-refractivity contribution < 1.29 is 13.1 Å². The fraction of sp³-hybridized carbons (Fsp3) is 0.167. The summed E-state index contributed by atoms with van der Waals surface area (Å²) in [4.78, 5) is 3.27. The number of rotatable bonds is 5. The normalized spacial score (nSPS) is 15.7. The molecular weight excluding hydrogens is 293 g/mol. The van der Waals surface area contributed by atoms with Crippen LogP contribution in [0.1, 0.15) is 25.5 Å².